The van der Waals surface area contributed by atoms with Crippen molar-refractivity contribution in [3.63, 3.8) is 0 Å². The Morgan fingerprint density at radius 3 is 2.64 bits per heavy atom. The Hall–Kier alpha value is -3.15. The van der Waals surface area contributed by atoms with Gasteiger partial charge in [-0.25, -0.2) is 4.79 Å². The number of pyridine rings is 1. The molecule has 0 amide bonds. The van der Waals surface area contributed by atoms with Gasteiger partial charge < -0.3 is 14.5 Å². The first-order valence-electron chi connectivity index (χ1n) is 7.63. The molecule has 25 heavy (non-hydrogen) atoms. The van der Waals surface area contributed by atoms with Gasteiger partial charge in [0.1, 0.15) is 5.75 Å². The van der Waals surface area contributed by atoms with Gasteiger partial charge in [0.15, 0.2) is 12.4 Å². The number of aryl methyl sites for hydroxylation is 2. The Labute approximate surface area is 145 Å². The molecule has 0 aliphatic rings. The van der Waals surface area contributed by atoms with E-state index in [-0.39, 0.29) is 18.0 Å². The normalized spacial score (nSPS) is 10.7. The van der Waals surface area contributed by atoms with Crippen molar-refractivity contribution >= 4 is 17.8 Å². The summed E-state index contributed by atoms with van der Waals surface area (Å²) < 4.78 is 9.80. The lowest BCUT2D eigenvalue weighted by molar-refractivity contribution is -0.142. The van der Waals surface area contributed by atoms with E-state index in [4.69, 9.17) is 4.74 Å². The molecule has 2 rings (SSSR count). The number of ether oxygens (including phenoxy) is 2. The second-order valence-corrected chi connectivity index (χ2v) is 5.47. The van der Waals surface area contributed by atoms with Crippen LogP contribution in [0.4, 0.5) is 0 Å². The number of rotatable bonds is 6. The smallest absolute Gasteiger partial charge is 0.343 e. The maximum absolute atomic E-state index is 12.3. The largest absolute Gasteiger partial charge is 0.482 e. The number of hydrogen-bond acceptors (Lipinski definition) is 5. The van der Waals surface area contributed by atoms with Crippen LogP contribution in [0.25, 0.3) is 6.08 Å². The molecule has 0 saturated carbocycles. The van der Waals surface area contributed by atoms with Crippen molar-refractivity contribution in [2.45, 2.75) is 13.8 Å². The number of allylic oxidation sites excluding steroid dienone is 1. The summed E-state index contributed by atoms with van der Waals surface area (Å²) >= 11 is 0. The summed E-state index contributed by atoms with van der Waals surface area (Å²) in [6.07, 6.45) is 2.93. The molecule has 0 radical (unpaired) electrons. The van der Waals surface area contributed by atoms with E-state index in [9.17, 15) is 14.4 Å². The first-order valence-corrected chi connectivity index (χ1v) is 7.63. The molecule has 2 aromatic rings. The molecule has 0 aliphatic heterocycles. The van der Waals surface area contributed by atoms with Crippen molar-refractivity contribution in [2.75, 3.05) is 13.7 Å². The molecule has 0 atom stereocenters. The number of carbonyl (C=O) groups is 2. The van der Waals surface area contributed by atoms with Gasteiger partial charge in [-0.05, 0) is 49.2 Å². The average Bonchev–Trinajstić information content (AvgIpc) is 2.57. The summed E-state index contributed by atoms with van der Waals surface area (Å²) in [5.41, 5.74) is 1.77. The maximum Gasteiger partial charge on any atom is 0.343 e. The molecule has 0 bridgehead atoms. The monoisotopic (exact) mass is 341 g/mol. The third-order valence-corrected chi connectivity index (χ3v) is 3.48. The van der Waals surface area contributed by atoms with Crippen molar-refractivity contribution in [1.82, 2.24) is 4.98 Å². The number of H-pyrrole nitrogens is 1. The third kappa shape index (κ3) is 4.91. The highest BCUT2D eigenvalue weighted by Gasteiger charge is 2.11. The van der Waals surface area contributed by atoms with Crippen LogP contribution < -0.4 is 10.3 Å². The van der Waals surface area contributed by atoms with Gasteiger partial charge in [-0.3, -0.25) is 9.59 Å². The van der Waals surface area contributed by atoms with Crippen LogP contribution >= 0.6 is 0 Å². The Kier molecular flexibility index (Phi) is 5.89. The lowest BCUT2D eigenvalue weighted by Gasteiger charge is -2.05. The third-order valence-electron chi connectivity index (χ3n) is 3.48. The number of carbonyl (C=O) groups excluding carboxylic acids is 2. The van der Waals surface area contributed by atoms with Crippen LogP contribution in [0.15, 0.2) is 41.2 Å². The minimum atomic E-state index is -0.481. The summed E-state index contributed by atoms with van der Waals surface area (Å²) in [4.78, 5) is 38.0. The van der Waals surface area contributed by atoms with Gasteiger partial charge in [0.05, 0.1) is 12.7 Å². The van der Waals surface area contributed by atoms with E-state index >= 15 is 0 Å². The van der Waals surface area contributed by atoms with Crippen molar-refractivity contribution in [2.24, 2.45) is 0 Å². The quantitative estimate of drug-likeness (QED) is 0.495. The van der Waals surface area contributed by atoms with Gasteiger partial charge in [-0.15, -0.1) is 0 Å². The molecule has 0 aliphatic carbocycles. The van der Waals surface area contributed by atoms with Gasteiger partial charge >= 0.3 is 5.97 Å². The number of esters is 1. The Bertz CT molecular complexity index is 880. The van der Waals surface area contributed by atoms with E-state index in [0.717, 1.165) is 0 Å². The van der Waals surface area contributed by atoms with Crippen LogP contribution in [0.5, 0.6) is 5.75 Å². The molecule has 0 spiro atoms. The van der Waals surface area contributed by atoms with Gasteiger partial charge in [-0.2, -0.15) is 0 Å². The summed E-state index contributed by atoms with van der Waals surface area (Å²) in [6, 6.07) is 8.64. The van der Waals surface area contributed by atoms with E-state index < -0.39 is 11.5 Å². The van der Waals surface area contributed by atoms with Gasteiger partial charge in [-0.1, -0.05) is 18.2 Å². The zero-order valence-corrected chi connectivity index (χ0v) is 14.3. The molecule has 0 saturated heterocycles. The molecule has 0 unspecified atom stereocenters. The highest BCUT2D eigenvalue weighted by molar-refractivity contribution is 6.07. The highest BCUT2D eigenvalue weighted by atomic mass is 16.6. The second-order valence-electron chi connectivity index (χ2n) is 5.47. The van der Waals surface area contributed by atoms with E-state index in [0.29, 0.717) is 22.6 Å². The molecule has 1 aromatic heterocycles. The average molecular weight is 341 g/mol. The maximum atomic E-state index is 12.3. The summed E-state index contributed by atoms with van der Waals surface area (Å²) in [7, 11) is 1.28. The first kappa shape index (κ1) is 18.2. The first-order chi connectivity index (χ1) is 11.9. The van der Waals surface area contributed by atoms with Crippen molar-refractivity contribution in [1.29, 1.82) is 0 Å². The molecule has 1 N–H and O–H groups in total. The van der Waals surface area contributed by atoms with E-state index in [1.54, 1.807) is 50.3 Å². The Morgan fingerprint density at radius 2 is 1.96 bits per heavy atom. The number of aromatic amines is 1. The zero-order chi connectivity index (χ0) is 18.4. The second kappa shape index (κ2) is 8.10. The standard InChI is InChI=1S/C19H19NO5/c1-12-9-13(2)20-19(23)18(12)16(21)8-7-14-5-4-6-15(10-14)25-11-17(22)24-3/h4-10H,11H2,1-3H3,(H,20,23)/b8-7+. The minimum Gasteiger partial charge on any atom is -0.482 e. The number of hydrogen-bond donors (Lipinski definition) is 1. The lowest BCUT2D eigenvalue weighted by atomic mass is 10.0. The summed E-state index contributed by atoms with van der Waals surface area (Å²) in [6.45, 7) is 3.30. The lowest BCUT2D eigenvalue weighted by Crippen LogP contribution is -2.19. The Balaban J connectivity index is 2.15. The topological polar surface area (TPSA) is 85.5 Å². The van der Waals surface area contributed by atoms with Crippen LogP contribution in [0, 0.1) is 13.8 Å². The number of benzene rings is 1. The van der Waals surface area contributed by atoms with Gasteiger partial charge in [0.2, 0.25) is 0 Å². The molecule has 0 fully saturated rings. The number of aromatic nitrogens is 1. The van der Waals surface area contributed by atoms with Crippen molar-refractivity contribution in [3.8, 4) is 5.75 Å². The fourth-order valence-electron chi connectivity index (χ4n) is 2.32. The van der Waals surface area contributed by atoms with Crippen molar-refractivity contribution < 1.29 is 19.1 Å². The van der Waals surface area contributed by atoms with Gasteiger partial charge in [0.25, 0.3) is 5.56 Å². The predicted octanol–water partition coefficient (Wildman–Crippen LogP) is 2.44. The van der Waals surface area contributed by atoms with E-state index in [2.05, 4.69) is 9.72 Å². The van der Waals surface area contributed by atoms with Crippen LogP contribution in [0.3, 0.4) is 0 Å². The van der Waals surface area contributed by atoms with Crippen LogP contribution in [-0.2, 0) is 9.53 Å². The predicted molar refractivity (Wildman–Crippen MR) is 93.9 cm³/mol. The Morgan fingerprint density at radius 1 is 1.20 bits per heavy atom. The van der Waals surface area contributed by atoms with E-state index in [1.165, 1.54) is 13.2 Å². The zero-order valence-electron chi connectivity index (χ0n) is 14.3. The number of methoxy groups -OCH3 is 1. The molecule has 1 aromatic carbocycles. The van der Waals surface area contributed by atoms with Crippen molar-refractivity contribution in [3.05, 3.63) is 69.1 Å². The molecule has 1 heterocycles. The number of nitrogens with one attached hydrogen (secondary N) is 1. The molecule has 130 valence electrons. The molecule has 6 nitrogen and oxygen atoms in total. The SMILES string of the molecule is COC(=O)COc1cccc(/C=C/C(=O)c2c(C)cc(C)[nH]c2=O)c1. The van der Waals surface area contributed by atoms with Crippen LogP contribution in [-0.4, -0.2) is 30.5 Å². The molecular formula is C19H19NO5. The molecule has 6 heteroatoms. The fourth-order valence-corrected chi connectivity index (χ4v) is 2.32. The van der Waals surface area contributed by atoms with Gasteiger partial charge in [0, 0.05) is 5.69 Å². The number of ketones is 1. The highest BCUT2D eigenvalue weighted by Crippen LogP contribution is 2.15. The van der Waals surface area contributed by atoms with Crippen LogP contribution in [0.1, 0.15) is 27.2 Å². The van der Waals surface area contributed by atoms with E-state index in [1.807, 2.05) is 0 Å². The summed E-state index contributed by atoms with van der Waals surface area (Å²) in [5, 5.41) is 0. The van der Waals surface area contributed by atoms with Crippen LogP contribution in [0.2, 0.25) is 0 Å². The molecular weight excluding hydrogens is 322 g/mol. The fraction of sp³-hybridized carbons (Fsp3) is 0.211. The summed E-state index contributed by atoms with van der Waals surface area (Å²) in [5.74, 6) is -0.380. The minimum absolute atomic E-state index is 0.125.